The third-order valence-electron chi connectivity index (χ3n) is 8.24. The Kier molecular flexibility index (Phi) is 18.0. The predicted octanol–water partition coefficient (Wildman–Crippen LogP) is 4.95. The van der Waals surface area contributed by atoms with E-state index in [9.17, 15) is 14.4 Å². The number of likely N-dealkylation sites (tertiary alicyclic amines) is 1. The maximum atomic E-state index is 12.4. The lowest BCUT2D eigenvalue weighted by Gasteiger charge is -2.24. The van der Waals surface area contributed by atoms with E-state index < -0.39 is 19.3 Å². The first-order valence-electron chi connectivity index (χ1n) is 16.8. The molecule has 2 aromatic rings. The van der Waals surface area contributed by atoms with Gasteiger partial charge in [-0.25, -0.2) is 4.79 Å². The van der Waals surface area contributed by atoms with E-state index in [1.165, 1.54) is 61.0 Å². The number of carboxylic acid groups (broad SMARTS) is 1. The highest BCUT2D eigenvalue weighted by atomic mass is 16.4. The Morgan fingerprint density at radius 1 is 0.913 bits per heavy atom. The summed E-state index contributed by atoms with van der Waals surface area (Å²) in [6, 6.07) is 13.5. The summed E-state index contributed by atoms with van der Waals surface area (Å²) in [5.41, 5.74) is 5.78. The molecule has 4 rings (SSSR count). The van der Waals surface area contributed by atoms with Crippen LogP contribution in [0.25, 0.3) is 0 Å². The second kappa shape index (κ2) is 21.4. The minimum absolute atomic E-state index is 0.119. The van der Waals surface area contributed by atoms with E-state index in [0.29, 0.717) is 32.6 Å². The summed E-state index contributed by atoms with van der Waals surface area (Å²) in [7, 11) is -1.59. The van der Waals surface area contributed by atoms with Crippen LogP contribution in [-0.2, 0) is 29.2 Å². The smallest absolute Gasteiger partial charge is 0.465 e. The molecule has 10 nitrogen and oxygen atoms in total. The zero-order valence-electron chi connectivity index (χ0n) is 28.3. The van der Waals surface area contributed by atoms with Crippen molar-refractivity contribution in [1.29, 1.82) is 0 Å². The molecular formula is C35H55BN4O6. The summed E-state index contributed by atoms with van der Waals surface area (Å²) < 4.78 is 0. The molecule has 0 saturated carbocycles. The van der Waals surface area contributed by atoms with Gasteiger partial charge in [-0.1, -0.05) is 107 Å². The van der Waals surface area contributed by atoms with Gasteiger partial charge in [0.1, 0.15) is 6.04 Å². The molecule has 1 unspecified atom stereocenters. The van der Waals surface area contributed by atoms with Crippen molar-refractivity contribution < 1.29 is 29.5 Å². The van der Waals surface area contributed by atoms with Gasteiger partial charge >= 0.3 is 13.2 Å². The predicted molar refractivity (Wildman–Crippen MR) is 183 cm³/mol. The SMILES string of the molecule is CCCCCCCCC.Cc1ccc(CNCC(=O)N2CCCC2C(=O)NCB(O)O)c(C)c1.O=C(O)N1Cc2ccccc2C1. The number of benzene rings is 2. The van der Waals surface area contributed by atoms with Gasteiger partial charge in [-0.15, -0.1) is 0 Å². The molecule has 2 aliphatic rings. The Hall–Kier alpha value is -3.41. The fourth-order valence-corrected chi connectivity index (χ4v) is 5.60. The third kappa shape index (κ3) is 13.9. The van der Waals surface area contributed by atoms with Crippen molar-refractivity contribution in [2.45, 2.75) is 111 Å². The Morgan fingerprint density at radius 3 is 2.07 bits per heavy atom. The molecule has 5 N–H and O–H groups in total. The number of hydrogen-bond acceptors (Lipinski definition) is 6. The van der Waals surface area contributed by atoms with Crippen LogP contribution in [0.5, 0.6) is 0 Å². The number of amides is 3. The Labute approximate surface area is 275 Å². The van der Waals surface area contributed by atoms with Crippen LogP contribution in [-0.4, -0.2) is 75.6 Å². The average Bonchev–Trinajstić information content (AvgIpc) is 3.70. The van der Waals surface area contributed by atoms with Crippen LogP contribution in [0.15, 0.2) is 42.5 Å². The molecule has 0 bridgehead atoms. The fourth-order valence-electron chi connectivity index (χ4n) is 5.60. The first-order chi connectivity index (χ1) is 22.1. The number of nitrogens with one attached hydrogen (secondary N) is 2. The quantitative estimate of drug-likeness (QED) is 0.154. The van der Waals surface area contributed by atoms with E-state index in [4.69, 9.17) is 15.2 Å². The van der Waals surface area contributed by atoms with Gasteiger partial charge in [-0.3, -0.25) is 14.5 Å². The molecule has 46 heavy (non-hydrogen) atoms. The van der Waals surface area contributed by atoms with Crippen molar-refractivity contribution in [3.05, 3.63) is 70.3 Å². The molecule has 0 aliphatic carbocycles. The van der Waals surface area contributed by atoms with Gasteiger partial charge in [0.25, 0.3) is 0 Å². The van der Waals surface area contributed by atoms with E-state index in [2.05, 4.69) is 36.6 Å². The monoisotopic (exact) mass is 638 g/mol. The fraction of sp³-hybridized carbons (Fsp3) is 0.571. The summed E-state index contributed by atoms with van der Waals surface area (Å²) in [6.45, 7) is 11.0. The molecule has 1 fully saturated rings. The van der Waals surface area contributed by atoms with Gasteiger partial charge in [0.2, 0.25) is 11.8 Å². The number of fused-ring (bicyclic) bond motifs is 1. The molecule has 1 saturated heterocycles. The Balaban J connectivity index is 0.000000288. The molecule has 2 aliphatic heterocycles. The molecule has 0 radical (unpaired) electrons. The highest BCUT2D eigenvalue weighted by Gasteiger charge is 2.34. The lowest BCUT2D eigenvalue weighted by Crippen LogP contribution is -2.50. The van der Waals surface area contributed by atoms with E-state index in [-0.39, 0.29) is 24.8 Å². The molecule has 2 aromatic carbocycles. The van der Waals surface area contributed by atoms with Gasteiger partial charge in [-0.05, 0) is 48.9 Å². The summed E-state index contributed by atoms with van der Waals surface area (Å²) in [4.78, 5) is 38.1. The van der Waals surface area contributed by atoms with Crippen LogP contribution >= 0.6 is 0 Å². The Bertz CT molecular complexity index is 1200. The molecule has 2 heterocycles. The first kappa shape index (κ1) is 38.8. The maximum absolute atomic E-state index is 12.4. The Morgan fingerprint density at radius 2 is 1.52 bits per heavy atom. The van der Waals surface area contributed by atoms with Gasteiger partial charge < -0.3 is 30.7 Å². The molecule has 3 amide bonds. The minimum atomic E-state index is -1.59. The zero-order chi connectivity index (χ0) is 33.9. The first-order valence-corrected chi connectivity index (χ1v) is 16.8. The third-order valence-corrected chi connectivity index (χ3v) is 8.24. The average molecular weight is 639 g/mol. The van der Waals surface area contributed by atoms with Crippen LogP contribution in [0.3, 0.4) is 0 Å². The van der Waals surface area contributed by atoms with Crippen molar-refractivity contribution in [3.63, 3.8) is 0 Å². The molecule has 254 valence electrons. The van der Waals surface area contributed by atoms with Crippen molar-refractivity contribution in [2.75, 3.05) is 19.5 Å². The van der Waals surface area contributed by atoms with Crippen LogP contribution in [0.2, 0.25) is 0 Å². The van der Waals surface area contributed by atoms with Crippen LogP contribution in [0.1, 0.15) is 99.5 Å². The van der Waals surface area contributed by atoms with E-state index >= 15 is 0 Å². The highest BCUT2D eigenvalue weighted by molar-refractivity contribution is 6.41. The van der Waals surface area contributed by atoms with Gasteiger partial charge in [0.05, 0.1) is 13.0 Å². The summed E-state index contributed by atoms with van der Waals surface area (Å²) >= 11 is 0. The number of rotatable bonds is 13. The van der Waals surface area contributed by atoms with Crippen molar-refractivity contribution in [1.82, 2.24) is 20.4 Å². The largest absolute Gasteiger partial charge is 0.472 e. The van der Waals surface area contributed by atoms with E-state index in [0.717, 1.165) is 23.1 Å². The normalized spacial score (nSPS) is 14.9. The highest BCUT2D eigenvalue weighted by Crippen LogP contribution is 2.22. The van der Waals surface area contributed by atoms with Crippen molar-refractivity contribution in [3.8, 4) is 0 Å². The van der Waals surface area contributed by atoms with Crippen molar-refractivity contribution in [2.24, 2.45) is 0 Å². The maximum Gasteiger partial charge on any atom is 0.472 e. The van der Waals surface area contributed by atoms with Crippen LogP contribution in [0, 0.1) is 13.8 Å². The second-order valence-corrected chi connectivity index (χ2v) is 12.2. The van der Waals surface area contributed by atoms with E-state index in [1.807, 2.05) is 44.2 Å². The molecule has 1 atom stereocenters. The number of aryl methyl sites for hydroxylation is 2. The van der Waals surface area contributed by atoms with Crippen LogP contribution < -0.4 is 10.6 Å². The number of nitrogens with zero attached hydrogens (tertiary/aromatic N) is 2. The van der Waals surface area contributed by atoms with E-state index in [1.54, 1.807) is 4.90 Å². The zero-order valence-corrected chi connectivity index (χ0v) is 28.3. The lowest BCUT2D eigenvalue weighted by molar-refractivity contribution is -0.137. The topological polar surface area (TPSA) is 142 Å². The standard InChI is InChI=1S/C17H26BN3O4.C9H9NO2.C9H20/c1-12-5-6-14(13(2)8-12)9-19-10-16(22)21-7-3-4-15(21)17(23)20-11-18(24)25;11-9(12)10-5-7-3-1-2-4-8(7)6-10;1-3-5-7-9-8-6-4-2/h5-6,8,15,19,24-25H,3-4,7,9-11H2,1-2H3,(H,20,23);1-4H,5-6H2,(H,11,12);3-9H2,1-2H3. The van der Waals surface area contributed by atoms with Gasteiger partial charge in [-0.2, -0.15) is 0 Å². The molecule has 0 spiro atoms. The summed E-state index contributed by atoms with van der Waals surface area (Å²) in [5, 5.41) is 32.0. The molecular weight excluding hydrogens is 583 g/mol. The number of carbonyl (C=O) groups excluding carboxylic acids is 2. The summed E-state index contributed by atoms with van der Waals surface area (Å²) in [5.74, 6) is -0.458. The van der Waals surface area contributed by atoms with Crippen LogP contribution in [0.4, 0.5) is 4.79 Å². The van der Waals surface area contributed by atoms with Crippen molar-refractivity contribution >= 4 is 25.0 Å². The van der Waals surface area contributed by atoms with Gasteiger partial charge in [0, 0.05) is 26.2 Å². The second-order valence-electron chi connectivity index (χ2n) is 12.2. The molecule has 11 heteroatoms. The minimum Gasteiger partial charge on any atom is -0.465 e. The number of carbonyl (C=O) groups is 3. The van der Waals surface area contributed by atoms with Gasteiger partial charge in [0.15, 0.2) is 0 Å². The molecule has 0 aromatic heterocycles. The number of hydrogen-bond donors (Lipinski definition) is 5. The summed E-state index contributed by atoms with van der Waals surface area (Å²) in [6.07, 6.45) is 10.3. The lowest BCUT2D eigenvalue weighted by atomic mass is 9.92. The number of unbranched alkanes of at least 4 members (excludes halogenated alkanes) is 6.